The standard InChI is InChI=1S/C27H27Cl2N3O3/c1-18-6-8-20(9-7-18)27(34)32-14-12-31(13-15-32)26-22(29)4-3-5-23(26)30-25(33)17-35-24-11-10-21(28)16-19(24)2/h3-11,16H,12-15,17H2,1-2H3,(H,30,33). The van der Waals surface area contributed by atoms with E-state index in [4.69, 9.17) is 27.9 Å². The minimum atomic E-state index is -0.295. The van der Waals surface area contributed by atoms with Gasteiger partial charge in [-0.2, -0.15) is 0 Å². The predicted octanol–water partition coefficient (Wildman–Crippen LogP) is 5.59. The molecule has 3 aromatic carbocycles. The Balaban J connectivity index is 1.39. The van der Waals surface area contributed by atoms with Crippen LogP contribution < -0.4 is 15.0 Å². The Morgan fingerprint density at radius 2 is 1.66 bits per heavy atom. The lowest BCUT2D eigenvalue weighted by molar-refractivity contribution is -0.118. The second-order valence-corrected chi connectivity index (χ2v) is 9.37. The first-order valence-corrected chi connectivity index (χ1v) is 12.2. The van der Waals surface area contributed by atoms with Crippen LogP contribution in [-0.2, 0) is 4.79 Å². The third-order valence-corrected chi connectivity index (χ3v) is 6.48. The highest BCUT2D eigenvalue weighted by atomic mass is 35.5. The number of carbonyl (C=O) groups is 2. The SMILES string of the molecule is Cc1ccc(C(=O)N2CCN(c3c(Cl)cccc3NC(=O)COc3ccc(Cl)cc3C)CC2)cc1. The molecule has 0 bridgehead atoms. The molecule has 2 amide bonds. The molecule has 0 aliphatic carbocycles. The fourth-order valence-electron chi connectivity index (χ4n) is 4.05. The van der Waals surface area contributed by atoms with Crippen molar-refractivity contribution >= 4 is 46.4 Å². The zero-order chi connectivity index (χ0) is 24.9. The summed E-state index contributed by atoms with van der Waals surface area (Å²) in [7, 11) is 0. The Morgan fingerprint density at radius 1 is 0.943 bits per heavy atom. The molecule has 0 radical (unpaired) electrons. The second-order valence-electron chi connectivity index (χ2n) is 8.53. The van der Waals surface area contributed by atoms with E-state index in [1.54, 1.807) is 30.3 Å². The molecule has 1 fully saturated rings. The van der Waals surface area contributed by atoms with Gasteiger partial charge < -0.3 is 19.9 Å². The lowest BCUT2D eigenvalue weighted by Gasteiger charge is -2.37. The van der Waals surface area contributed by atoms with Gasteiger partial charge in [-0.25, -0.2) is 0 Å². The van der Waals surface area contributed by atoms with Crippen LogP contribution in [0.1, 0.15) is 21.5 Å². The van der Waals surface area contributed by atoms with E-state index in [1.165, 1.54) is 0 Å². The van der Waals surface area contributed by atoms with E-state index >= 15 is 0 Å². The minimum absolute atomic E-state index is 0.0203. The van der Waals surface area contributed by atoms with Gasteiger partial charge in [0.1, 0.15) is 5.75 Å². The predicted molar refractivity (Wildman–Crippen MR) is 141 cm³/mol. The first kappa shape index (κ1) is 24.9. The summed E-state index contributed by atoms with van der Waals surface area (Å²) in [5.41, 5.74) is 4.01. The number of nitrogens with zero attached hydrogens (tertiary/aromatic N) is 2. The van der Waals surface area contributed by atoms with Gasteiger partial charge in [-0.3, -0.25) is 9.59 Å². The van der Waals surface area contributed by atoms with Gasteiger partial charge in [-0.1, -0.05) is 47.0 Å². The summed E-state index contributed by atoms with van der Waals surface area (Å²) in [4.78, 5) is 29.5. The zero-order valence-electron chi connectivity index (χ0n) is 19.7. The molecule has 1 heterocycles. The van der Waals surface area contributed by atoms with Crippen LogP contribution in [-0.4, -0.2) is 49.5 Å². The molecule has 1 N–H and O–H groups in total. The van der Waals surface area contributed by atoms with E-state index in [0.717, 1.165) is 16.8 Å². The third-order valence-electron chi connectivity index (χ3n) is 5.94. The largest absolute Gasteiger partial charge is 0.483 e. The van der Waals surface area contributed by atoms with Gasteiger partial charge in [0.25, 0.3) is 11.8 Å². The number of hydrogen-bond donors (Lipinski definition) is 1. The molecule has 0 spiro atoms. The lowest BCUT2D eigenvalue weighted by atomic mass is 10.1. The van der Waals surface area contributed by atoms with Crippen molar-refractivity contribution in [3.8, 4) is 5.75 Å². The fourth-order valence-corrected chi connectivity index (χ4v) is 4.57. The molecular formula is C27H27Cl2N3O3. The quantitative estimate of drug-likeness (QED) is 0.468. The lowest BCUT2D eigenvalue weighted by Crippen LogP contribution is -2.49. The number of halogens is 2. The number of hydrogen-bond acceptors (Lipinski definition) is 4. The molecule has 3 aromatic rings. The van der Waals surface area contributed by atoms with Gasteiger partial charge >= 0.3 is 0 Å². The summed E-state index contributed by atoms with van der Waals surface area (Å²) < 4.78 is 5.67. The van der Waals surface area contributed by atoms with Crippen molar-refractivity contribution in [1.29, 1.82) is 0 Å². The molecular weight excluding hydrogens is 485 g/mol. The van der Waals surface area contributed by atoms with Gasteiger partial charge in [0, 0.05) is 36.8 Å². The fraction of sp³-hybridized carbons (Fsp3) is 0.259. The molecule has 4 rings (SSSR count). The number of amides is 2. The van der Waals surface area contributed by atoms with Crippen LogP contribution in [0.15, 0.2) is 60.7 Å². The number of para-hydroxylation sites is 1. The summed E-state index contributed by atoms with van der Waals surface area (Å²) in [5, 5.41) is 4.07. The Hall–Kier alpha value is -3.22. The molecule has 1 aliphatic rings. The van der Waals surface area contributed by atoms with Crippen molar-refractivity contribution in [2.75, 3.05) is 43.0 Å². The van der Waals surface area contributed by atoms with Crippen LogP contribution in [0.4, 0.5) is 11.4 Å². The number of rotatable bonds is 6. The monoisotopic (exact) mass is 511 g/mol. The van der Waals surface area contributed by atoms with Crippen molar-refractivity contribution < 1.29 is 14.3 Å². The van der Waals surface area contributed by atoms with E-state index in [9.17, 15) is 9.59 Å². The number of ether oxygens (including phenoxy) is 1. The number of carbonyl (C=O) groups excluding carboxylic acids is 2. The Morgan fingerprint density at radius 3 is 2.34 bits per heavy atom. The molecule has 1 aliphatic heterocycles. The third kappa shape index (κ3) is 6.08. The average molecular weight is 512 g/mol. The molecule has 0 saturated carbocycles. The molecule has 0 aromatic heterocycles. The van der Waals surface area contributed by atoms with Crippen molar-refractivity contribution in [2.45, 2.75) is 13.8 Å². The zero-order valence-corrected chi connectivity index (χ0v) is 21.2. The molecule has 6 nitrogen and oxygen atoms in total. The Labute approximate surface area is 215 Å². The Bertz CT molecular complexity index is 1220. The maximum atomic E-state index is 12.9. The number of nitrogens with one attached hydrogen (secondary N) is 1. The van der Waals surface area contributed by atoms with Crippen LogP contribution in [0.5, 0.6) is 5.75 Å². The van der Waals surface area contributed by atoms with Crippen molar-refractivity contribution in [2.24, 2.45) is 0 Å². The molecule has 35 heavy (non-hydrogen) atoms. The number of piperazine rings is 1. The Kier molecular flexibility index (Phi) is 7.83. The van der Waals surface area contributed by atoms with Gasteiger partial charge in [0.05, 0.1) is 16.4 Å². The van der Waals surface area contributed by atoms with Crippen LogP contribution in [0, 0.1) is 13.8 Å². The second kappa shape index (κ2) is 11.0. The average Bonchev–Trinajstić information content (AvgIpc) is 2.84. The number of aryl methyl sites for hydroxylation is 2. The minimum Gasteiger partial charge on any atom is -0.483 e. The van der Waals surface area contributed by atoms with Gasteiger partial charge in [0.15, 0.2) is 6.61 Å². The summed E-state index contributed by atoms with van der Waals surface area (Å²) in [6.45, 7) is 6.05. The molecule has 0 unspecified atom stereocenters. The van der Waals surface area contributed by atoms with Crippen LogP contribution in [0.25, 0.3) is 0 Å². The van der Waals surface area contributed by atoms with E-state index in [0.29, 0.717) is 53.2 Å². The summed E-state index contributed by atoms with van der Waals surface area (Å²) in [6, 6.07) is 18.3. The highest BCUT2D eigenvalue weighted by Gasteiger charge is 2.25. The van der Waals surface area contributed by atoms with Crippen molar-refractivity contribution in [1.82, 2.24) is 4.90 Å². The topological polar surface area (TPSA) is 61.9 Å². The van der Waals surface area contributed by atoms with E-state index in [1.807, 2.05) is 49.1 Å². The van der Waals surface area contributed by atoms with Crippen LogP contribution in [0.3, 0.4) is 0 Å². The highest BCUT2D eigenvalue weighted by molar-refractivity contribution is 6.34. The van der Waals surface area contributed by atoms with Gasteiger partial charge in [-0.05, 0) is 61.9 Å². The van der Waals surface area contributed by atoms with Gasteiger partial charge in [0.2, 0.25) is 0 Å². The number of benzene rings is 3. The number of anilines is 2. The van der Waals surface area contributed by atoms with Crippen LogP contribution in [0.2, 0.25) is 10.0 Å². The maximum Gasteiger partial charge on any atom is 0.262 e. The first-order chi connectivity index (χ1) is 16.8. The smallest absolute Gasteiger partial charge is 0.262 e. The highest BCUT2D eigenvalue weighted by Crippen LogP contribution is 2.35. The van der Waals surface area contributed by atoms with Crippen molar-refractivity contribution in [3.05, 3.63) is 87.4 Å². The summed E-state index contributed by atoms with van der Waals surface area (Å²) in [6.07, 6.45) is 0. The van der Waals surface area contributed by atoms with Crippen LogP contribution >= 0.6 is 23.2 Å². The summed E-state index contributed by atoms with van der Waals surface area (Å²) in [5.74, 6) is 0.327. The van der Waals surface area contributed by atoms with E-state index < -0.39 is 0 Å². The normalized spacial score (nSPS) is 13.5. The molecule has 8 heteroatoms. The van der Waals surface area contributed by atoms with Gasteiger partial charge in [-0.15, -0.1) is 0 Å². The first-order valence-electron chi connectivity index (χ1n) is 11.4. The maximum absolute atomic E-state index is 12.9. The van der Waals surface area contributed by atoms with Crippen molar-refractivity contribution in [3.63, 3.8) is 0 Å². The molecule has 0 atom stereocenters. The van der Waals surface area contributed by atoms with E-state index in [2.05, 4.69) is 10.2 Å². The molecule has 182 valence electrons. The summed E-state index contributed by atoms with van der Waals surface area (Å²) >= 11 is 12.5. The van der Waals surface area contributed by atoms with E-state index in [-0.39, 0.29) is 18.4 Å². The molecule has 1 saturated heterocycles.